The summed E-state index contributed by atoms with van der Waals surface area (Å²) in [5.41, 5.74) is 6.16. The van der Waals surface area contributed by atoms with Crippen molar-refractivity contribution in [3.05, 3.63) is 46.8 Å². The maximum absolute atomic E-state index is 5.62. The van der Waals surface area contributed by atoms with E-state index in [0.717, 1.165) is 43.5 Å². The summed E-state index contributed by atoms with van der Waals surface area (Å²) in [7, 11) is 1.99. The van der Waals surface area contributed by atoms with Crippen molar-refractivity contribution >= 4 is 23.0 Å². The molecule has 2 aromatic rings. The molecule has 5 nitrogen and oxygen atoms in total. The molecule has 1 aliphatic heterocycles. The van der Waals surface area contributed by atoms with Gasteiger partial charge in [0.2, 0.25) is 0 Å². The van der Waals surface area contributed by atoms with Crippen LogP contribution in [0.15, 0.2) is 24.4 Å². The van der Waals surface area contributed by atoms with Crippen LogP contribution in [0.5, 0.6) is 0 Å². The van der Waals surface area contributed by atoms with E-state index in [4.69, 9.17) is 12.2 Å². The minimum atomic E-state index is 0.823. The van der Waals surface area contributed by atoms with Crippen molar-refractivity contribution < 1.29 is 0 Å². The quantitative estimate of drug-likeness (QED) is 0.855. The first-order valence-corrected chi connectivity index (χ1v) is 9.18. The molecule has 3 rings (SSSR count). The number of aryl methyl sites for hydroxylation is 3. The van der Waals surface area contributed by atoms with Gasteiger partial charge in [0.15, 0.2) is 5.11 Å². The standard InChI is InChI=1S/C19H27N5S/c1-14-5-6-18(15(2)11-14)21-19(25)24-9-7-23(8-10-24)13-17-12-20-22(4)16(17)3/h5-6,11-12H,7-10,13H2,1-4H3,(H,21,25). The molecule has 2 heterocycles. The second-order valence-electron chi connectivity index (χ2n) is 6.89. The first-order valence-electron chi connectivity index (χ1n) is 8.77. The van der Waals surface area contributed by atoms with Crippen molar-refractivity contribution in [2.75, 3.05) is 31.5 Å². The van der Waals surface area contributed by atoms with Gasteiger partial charge in [-0.15, -0.1) is 0 Å². The number of nitrogens with one attached hydrogen (secondary N) is 1. The van der Waals surface area contributed by atoms with Crippen LogP contribution in [0.2, 0.25) is 0 Å². The number of rotatable bonds is 3. The van der Waals surface area contributed by atoms with E-state index in [1.165, 1.54) is 22.4 Å². The Morgan fingerprint density at radius 1 is 1.16 bits per heavy atom. The Morgan fingerprint density at radius 2 is 1.88 bits per heavy atom. The maximum Gasteiger partial charge on any atom is 0.173 e. The first kappa shape index (κ1) is 17.9. The van der Waals surface area contributed by atoms with E-state index >= 15 is 0 Å². The van der Waals surface area contributed by atoms with Crippen molar-refractivity contribution in [3.63, 3.8) is 0 Å². The maximum atomic E-state index is 5.62. The molecule has 1 fully saturated rings. The van der Waals surface area contributed by atoms with Gasteiger partial charge < -0.3 is 10.2 Å². The average molecular weight is 358 g/mol. The predicted octanol–water partition coefficient (Wildman–Crippen LogP) is 2.86. The summed E-state index contributed by atoms with van der Waals surface area (Å²) in [6.45, 7) is 11.3. The fourth-order valence-electron chi connectivity index (χ4n) is 3.20. The number of benzene rings is 1. The summed E-state index contributed by atoms with van der Waals surface area (Å²) in [4.78, 5) is 4.74. The topological polar surface area (TPSA) is 36.3 Å². The van der Waals surface area contributed by atoms with Gasteiger partial charge >= 0.3 is 0 Å². The van der Waals surface area contributed by atoms with E-state index in [9.17, 15) is 0 Å². The molecule has 0 amide bonds. The Bertz CT molecular complexity index is 759. The SMILES string of the molecule is Cc1ccc(NC(=S)N2CCN(Cc3cnn(C)c3C)CC2)c(C)c1. The minimum absolute atomic E-state index is 0.823. The van der Waals surface area contributed by atoms with Crippen LogP contribution in [0.4, 0.5) is 5.69 Å². The molecule has 0 radical (unpaired) electrons. The minimum Gasteiger partial charge on any atom is -0.346 e. The molecule has 0 bridgehead atoms. The zero-order valence-electron chi connectivity index (χ0n) is 15.5. The average Bonchev–Trinajstić information content (AvgIpc) is 2.90. The number of nitrogens with zero attached hydrogens (tertiary/aromatic N) is 4. The van der Waals surface area contributed by atoms with Crippen LogP contribution in [0, 0.1) is 20.8 Å². The monoisotopic (exact) mass is 357 g/mol. The third kappa shape index (κ3) is 4.19. The van der Waals surface area contributed by atoms with Gasteiger partial charge in [-0.1, -0.05) is 17.7 Å². The van der Waals surface area contributed by atoms with Gasteiger partial charge in [-0.3, -0.25) is 9.58 Å². The van der Waals surface area contributed by atoms with Gasteiger partial charge in [-0.25, -0.2) is 0 Å². The summed E-state index contributed by atoms with van der Waals surface area (Å²) in [6.07, 6.45) is 1.98. The van der Waals surface area contributed by atoms with Gasteiger partial charge in [-0.2, -0.15) is 5.10 Å². The zero-order chi connectivity index (χ0) is 18.0. The van der Waals surface area contributed by atoms with Crippen molar-refractivity contribution in [3.8, 4) is 0 Å². The summed E-state index contributed by atoms with van der Waals surface area (Å²) in [6, 6.07) is 6.41. The number of hydrogen-bond donors (Lipinski definition) is 1. The molecule has 1 aromatic carbocycles. The summed E-state index contributed by atoms with van der Waals surface area (Å²) >= 11 is 5.62. The van der Waals surface area contributed by atoms with Crippen LogP contribution < -0.4 is 5.32 Å². The van der Waals surface area contributed by atoms with Crippen LogP contribution in [-0.2, 0) is 13.6 Å². The van der Waals surface area contributed by atoms with Crippen molar-refractivity contribution in [1.82, 2.24) is 19.6 Å². The molecular weight excluding hydrogens is 330 g/mol. The van der Waals surface area contributed by atoms with Crippen molar-refractivity contribution in [2.24, 2.45) is 7.05 Å². The van der Waals surface area contributed by atoms with Crippen LogP contribution in [0.25, 0.3) is 0 Å². The number of aromatic nitrogens is 2. The summed E-state index contributed by atoms with van der Waals surface area (Å²) in [5.74, 6) is 0. The molecule has 1 aromatic heterocycles. The predicted molar refractivity (Wildman–Crippen MR) is 107 cm³/mol. The second kappa shape index (κ2) is 7.54. The molecular formula is C19H27N5S. The molecule has 134 valence electrons. The van der Waals surface area contributed by atoms with E-state index in [2.05, 4.69) is 59.2 Å². The fourth-order valence-corrected chi connectivity index (χ4v) is 3.49. The lowest BCUT2D eigenvalue weighted by Gasteiger charge is -2.36. The lowest BCUT2D eigenvalue weighted by atomic mass is 10.1. The highest BCUT2D eigenvalue weighted by molar-refractivity contribution is 7.80. The van der Waals surface area contributed by atoms with E-state index in [0.29, 0.717) is 0 Å². The Hall–Kier alpha value is -1.92. The molecule has 0 aliphatic carbocycles. The van der Waals surface area contributed by atoms with Crippen LogP contribution in [0.1, 0.15) is 22.4 Å². The molecule has 0 atom stereocenters. The summed E-state index contributed by atoms with van der Waals surface area (Å²) in [5, 5.41) is 8.57. The highest BCUT2D eigenvalue weighted by atomic mass is 32.1. The van der Waals surface area contributed by atoms with Gasteiger partial charge in [0.1, 0.15) is 0 Å². The highest BCUT2D eigenvalue weighted by Crippen LogP contribution is 2.17. The smallest absolute Gasteiger partial charge is 0.173 e. The Balaban J connectivity index is 1.53. The van der Waals surface area contributed by atoms with Gasteiger partial charge in [0.05, 0.1) is 6.20 Å². The van der Waals surface area contributed by atoms with Gasteiger partial charge in [-0.05, 0) is 44.6 Å². The number of hydrogen-bond acceptors (Lipinski definition) is 3. The zero-order valence-corrected chi connectivity index (χ0v) is 16.4. The van der Waals surface area contributed by atoms with Gasteiger partial charge in [0, 0.05) is 56.7 Å². The Morgan fingerprint density at radius 3 is 2.48 bits per heavy atom. The third-order valence-corrected chi connectivity index (χ3v) is 5.37. The molecule has 1 N–H and O–H groups in total. The highest BCUT2D eigenvalue weighted by Gasteiger charge is 2.20. The van der Waals surface area contributed by atoms with E-state index in [1.54, 1.807) is 0 Å². The fraction of sp³-hybridized carbons (Fsp3) is 0.474. The lowest BCUT2D eigenvalue weighted by Crippen LogP contribution is -2.49. The third-order valence-electron chi connectivity index (χ3n) is 5.01. The first-order chi connectivity index (χ1) is 11.9. The Labute approximate surface area is 155 Å². The molecule has 25 heavy (non-hydrogen) atoms. The number of anilines is 1. The normalized spacial score (nSPS) is 15.4. The molecule has 0 spiro atoms. The van der Waals surface area contributed by atoms with Crippen LogP contribution in [-0.4, -0.2) is 50.9 Å². The molecule has 0 saturated carbocycles. The molecule has 1 saturated heterocycles. The van der Waals surface area contributed by atoms with Crippen molar-refractivity contribution in [1.29, 1.82) is 0 Å². The van der Waals surface area contributed by atoms with E-state index < -0.39 is 0 Å². The summed E-state index contributed by atoms with van der Waals surface area (Å²) < 4.78 is 1.94. The Kier molecular flexibility index (Phi) is 5.39. The van der Waals surface area contributed by atoms with Crippen molar-refractivity contribution in [2.45, 2.75) is 27.3 Å². The lowest BCUT2D eigenvalue weighted by molar-refractivity contribution is 0.176. The largest absolute Gasteiger partial charge is 0.346 e. The van der Waals surface area contributed by atoms with Crippen LogP contribution >= 0.6 is 12.2 Å². The van der Waals surface area contributed by atoms with E-state index in [-0.39, 0.29) is 0 Å². The number of thiocarbonyl (C=S) groups is 1. The van der Waals surface area contributed by atoms with E-state index in [1.807, 2.05) is 17.9 Å². The molecule has 1 aliphatic rings. The molecule has 0 unspecified atom stereocenters. The second-order valence-corrected chi connectivity index (χ2v) is 7.28. The molecule has 6 heteroatoms. The number of piperazine rings is 1. The van der Waals surface area contributed by atoms with Gasteiger partial charge in [0.25, 0.3) is 0 Å². The van der Waals surface area contributed by atoms with Crippen LogP contribution in [0.3, 0.4) is 0 Å².